The molecule has 4 rings (SSSR count). The molecule has 6 heteroatoms. The van der Waals surface area contributed by atoms with Gasteiger partial charge in [0.2, 0.25) is 5.91 Å². The summed E-state index contributed by atoms with van der Waals surface area (Å²) in [5.74, 6) is -0.412. The summed E-state index contributed by atoms with van der Waals surface area (Å²) in [4.78, 5) is 29.3. The predicted molar refractivity (Wildman–Crippen MR) is 121 cm³/mol. The van der Waals surface area contributed by atoms with E-state index in [1.54, 1.807) is 16.7 Å². The lowest BCUT2D eigenvalue weighted by atomic mass is 9.90. The molecule has 1 aliphatic rings. The van der Waals surface area contributed by atoms with Gasteiger partial charge in [-0.05, 0) is 61.4 Å². The Morgan fingerprint density at radius 3 is 2.29 bits per heavy atom. The van der Waals surface area contributed by atoms with Gasteiger partial charge in [0, 0.05) is 24.3 Å². The second-order valence-electron chi connectivity index (χ2n) is 7.69. The number of carbonyl (C=O) groups excluding carboxylic acids is 2. The predicted octanol–water partition coefficient (Wildman–Crippen LogP) is 5.75. The fraction of sp³-hybridized carbons (Fsp3) is 0.200. The van der Waals surface area contributed by atoms with Crippen molar-refractivity contribution >= 4 is 29.0 Å². The highest BCUT2D eigenvalue weighted by Crippen LogP contribution is 2.42. The summed E-state index contributed by atoms with van der Waals surface area (Å²) in [5, 5.41) is 2.85. The molecular formula is C25H24FN3O2. The minimum atomic E-state index is -0.359. The number of carbonyl (C=O) groups is 2. The molecule has 0 bridgehead atoms. The van der Waals surface area contributed by atoms with E-state index in [1.165, 1.54) is 24.3 Å². The molecule has 2 atom stereocenters. The lowest BCUT2D eigenvalue weighted by molar-refractivity contribution is -0.117. The van der Waals surface area contributed by atoms with E-state index in [0.29, 0.717) is 12.1 Å². The van der Waals surface area contributed by atoms with Crippen LogP contribution in [-0.2, 0) is 4.79 Å². The maximum atomic E-state index is 13.2. The normalized spacial score (nSPS) is 17.6. The number of fused-ring (bicyclic) bond motifs is 1. The molecular weight excluding hydrogens is 393 g/mol. The number of amides is 3. The van der Waals surface area contributed by atoms with E-state index in [2.05, 4.69) is 5.32 Å². The van der Waals surface area contributed by atoms with Gasteiger partial charge < -0.3 is 10.2 Å². The van der Waals surface area contributed by atoms with E-state index in [0.717, 1.165) is 16.9 Å². The average Bonchev–Trinajstić information content (AvgIpc) is 2.76. The first-order valence-corrected chi connectivity index (χ1v) is 10.2. The van der Waals surface area contributed by atoms with Crippen LogP contribution in [0.15, 0.2) is 78.9 Å². The van der Waals surface area contributed by atoms with Crippen LogP contribution in [-0.4, -0.2) is 18.0 Å². The quantitative estimate of drug-likeness (QED) is 0.590. The second kappa shape index (κ2) is 8.60. The molecule has 5 nitrogen and oxygen atoms in total. The average molecular weight is 417 g/mol. The van der Waals surface area contributed by atoms with Gasteiger partial charge in [0.05, 0.1) is 11.7 Å². The molecule has 3 amide bonds. The van der Waals surface area contributed by atoms with Crippen LogP contribution in [0, 0.1) is 5.82 Å². The van der Waals surface area contributed by atoms with E-state index in [4.69, 9.17) is 0 Å². The number of hydrogen-bond donors (Lipinski definition) is 1. The standard InChI is InChI=1S/C25H24FN3O2/c1-17-16-24(29(18(2)30)21-8-4-3-5-9-21)22-10-6-7-11-23(22)28(17)25(31)27-20-14-12-19(26)13-15-20/h3-15,17,24H,16H2,1-2H3,(H,27,31). The summed E-state index contributed by atoms with van der Waals surface area (Å²) in [7, 11) is 0. The minimum Gasteiger partial charge on any atom is -0.308 e. The van der Waals surface area contributed by atoms with Crippen LogP contribution in [0.3, 0.4) is 0 Å². The van der Waals surface area contributed by atoms with Gasteiger partial charge in [-0.2, -0.15) is 0 Å². The van der Waals surface area contributed by atoms with Crippen LogP contribution in [0.2, 0.25) is 0 Å². The number of urea groups is 1. The number of hydrogen-bond acceptors (Lipinski definition) is 2. The fourth-order valence-electron chi connectivity index (χ4n) is 4.22. The number of nitrogens with zero attached hydrogens (tertiary/aromatic N) is 2. The van der Waals surface area contributed by atoms with Crippen molar-refractivity contribution < 1.29 is 14.0 Å². The lowest BCUT2D eigenvalue weighted by Gasteiger charge is -2.43. The molecule has 0 aliphatic carbocycles. The minimum absolute atomic E-state index is 0.0533. The topological polar surface area (TPSA) is 52.7 Å². The van der Waals surface area contributed by atoms with Crippen molar-refractivity contribution in [2.24, 2.45) is 0 Å². The van der Waals surface area contributed by atoms with E-state index in [-0.39, 0.29) is 29.8 Å². The number of anilines is 3. The van der Waals surface area contributed by atoms with Crippen molar-refractivity contribution in [2.75, 3.05) is 15.1 Å². The summed E-state index contributed by atoms with van der Waals surface area (Å²) in [6.07, 6.45) is 0.586. The third kappa shape index (κ3) is 4.14. The molecule has 158 valence electrons. The van der Waals surface area contributed by atoms with Crippen LogP contribution in [0.4, 0.5) is 26.2 Å². The van der Waals surface area contributed by atoms with Gasteiger partial charge in [0.1, 0.15) is 5.82 Å². The first-order chi connectivity index (χ1) is 15.0. The van der Waals surface area contributed by atoms with E-state index >= 15 is 0 Å². The molecule has 0 fully saturated rings. The highest BCUT2D eigenvalue weighted by atomic mass is 19.1. The molecule has 0 saturated carbocycles. The van der Waals surface area contributed by atoms with Crippen LogP contribution < -0.4 is 15.1 Å². The van der Waals surface area contributed by atoms with Crippen molar-refractivity contribution in [1.82, 2.24) is 0 Å². The molecule has 0 spiro atoms. The Morgan fingerprint density at radius 1 is 0.968 bits per heavy atom. The van der Waals surface area contributed by atoms with Crippen molar-refractivity contribution in [1.29, 1.82) is 0 Å². The number of halogens is 1. The number of benzene rings is 3. The van der Waals surface area contributed by atoms with Gasteiger partial charge in [0.15, 0.2) is 0 Å². The molecule has 1 heterocycles. The van der Waals surface area contributed by atoms with Gasteiger partial charge in [-0.25, -0.2) is 9.18 Å². The molecule has 2 unspecified atom stereocenters. The molecule has 1 aliphatic heterocycles. The lowest BCUT2D eigenvalue weighted by Crippen LogP contribution is -2.49. The van der Waals surface area contributed by atoms with Crippen molar-refractivity contribution in [3.05, 3.63) is 90.2 Å². The maximum absolute atomic E-state index is 13.2. The highest BCUT2D eigenvalue weighted by molar-refractivity contribution is 6.03. The Bertz CT molecular complexity index is 1090. The zero-order valence-electron chi connectivity index (χ0n) is 17.5. The maximum Gasteiger partial charge on any atom is 0.326 e. The molecule has 31 heavy (non-hydrogen) atoms. The van der Waals surface area contributed by atoms with E-state index < -0.39 is 0 Å². The summed E-state index contributed by atoms with van der Waals surface area (Å²) in [6, 6.07) is 22.3. The SMILES string of the molecule is CC(=O)N(c1ccccc1)C1CC(C)N(C(=O)Nc2ccc(F)cc2)c2ccccc21. The molecule has 0 aromatic heterocycles. The molecule has 0 saturated heterocycles. The first-order valence-electron chi connectivity index (χ1n) is 10.2. The van der Waals surface area contributed by atoms with Gasteiger partial charge in [-0.1, -0.05) is 36.4 Å². The Labute approximate surface area is 181 Å². The van der Waals surface area contributed by atoms with Crippen molar-refractivity contribution in [3.63, 3.8) is 0 Å². The van der Waals surface area contributed by atoms with Crippen molar-refractivity contribution in [3.8, 4) is 0 Å². The zero-order valence-corrected chi connectivity index (χ0v) is 17.5. The Kier molecular flexibility index (Phi) is 5.71. The fourth-order valence-corrected chi connectivity index (χ4v) is 4.22. The largest absolute Gasteiger partial charge is 0.326 e. The van der Waals surface area contributed by atoms with Crippen LogP contribution in [0.25, 0.3) is 0 Å². The molecule has 0 radical (unpaired) electrons. The molecule has 3 aromatic rings. The van der Waals surface area contributed by atoms with Crippen LogP contribution in [0.5, 0.6) is 0 Å². The number of rotatable bonds is 3. The number of nitrogens with one attached hydrogen (secondary N) is 1. The van der Waals surface area contributed by atoms with Crippen LogP contribution in [0.1, 0.15) is 31.9 Å². The molecule has 3 aromatic carbocycles. The van der Waals surface area contributed by atoms with E-state index in [1.807, 2.05) is 61.5 Å². The zero-order chi connectivity index (χ0) is 22.0. The molecule has 1 N–H and O–H groups in total. The summed E-state index contributed by atoms with van der Waals surface area (Å²) in [5.41, 5.74) is 3.01. The van der Waals surface area contributed by atoms with Crippen LogP contribution >= 0.6 is 0 Å². The highest BCUT2D eigenvalue weighted by Gasteiger charge is 2.37. The second-order valence-corrected chi connectivity index (χ2v) is 7.69. The third-order valence-corrected chi connectivity index (χ3v) is 5.56. The summed E-state index contributed by atoms with van der Waals surface area (Å²) < 4.78 is 13.2. The van der Waals surface area contributed by atoms with Gasteiger partial charge in [0.25, 0.3) is 0 Å². The van der Waals surface area contributed by atoms with Gasteiger partial charge in [-0.3, -0.25) is 9.69 Å². The Balaban J connectivity index is 1.69. The summed E-state index contributed by atoms with van der Waals surface area (Å²) in [6.45, 7) is 3.53. The summed E-state index contributed by atoms with van der Waals surface area (Å²) >= 11 is 0. The van der Waals surface area contributed by atoms with Crippen molar-refractivity contribution in [2.45, 2.75) is 32.4 Å². The van der Waals surface area contributed by atoms with E-state index in [9.17, 15) is 14.0 Å². The monoisotopic (exact) mass is 417 g/mol. The van der Waals surface area contributed by atoms with Gasteiger partial charge in [-0.15, -0.1) is 0 Å². The van der Waals surface area contributed by atoms with Gasteiger partial charge >= 0.3 is 6.03 Å². The Hall–Kier alpha value is -3.67. The Morgan fingerprint density at radius 2 is 1.61 bits per heavy atom. The third-order valence-electron chi connectivity index (χ3n) is 5.56. The number of para-hydroxylation sites is 2. The smallest absolute Gasteiger partial charge is 0.308 e. The first kappa shape index (κ1) is 20.6.